The Bertz CT molecular complexity index is 432. The smallest absolute Gasteiger partial charge is 0.198 e. The van der Waals surface area contributed by atoms with E-state index in [1.807, 2.05) is 6.07 Å². The maximum absolute atomic E-state index is 9.41. The van der Waals surface area contributed by atoms with Gasteiger partial charge in [-0.3, -0.25) is 0 Å². The van der Waals surface area contributed by atoms with Gasteiger partial charge in [0.1, 0.15) is 5.15 Å². The van der Waals surface area contributed by atoms with Crippen LogP contribution in [0.4, 0.5) is 0 Å². The third kappa shape index (κ3) is 1.67. The van der Waals surface area contributed by atoms with Gasteiger partial charge < -0.3 is 14.6 Å². The Morgan fingerprint density at radius 1 is 1.47 bits per heavy atom. The quantitative estimate of drug-likeness (QED) is 0.778. The second-order valence-electron chi connectivity index (χ2n) is 4.43. The van der Waals surface area contributed by atoms with Crippen LogP contribution in [0.1, 0.15) is 29.9 Å². The van der Waals surface area contributed by atoms with E-state index in [4.69, 9.17) is 21.1 Å². The molecule has 2 heterocycles. The number of hydrogen-bond donors (Lipinski definition) is 1. The Hall–Kier alpha value is -0.680. The molecule has 5 heteroatoms. The number of nitrogens with zero attached hydrogens (tertiary/aromatic N) is 1. The molecule has 1 aromatic rings. The number of ether oxygens (including phenoxy) is 2. The summed E-state index contributed by atoms with van der Waals surface area (Å²) in [6, 6.07) is 1.90. The molecule has 1 spiro atoms. The molecule has 0 radical (unpaired) electrons. The fraction of sp³-hybridized carbons (Fsp3) is 0.583. The molecular weight excluding hydrogens is 242 g/mol. The van der Waals surface area contributed by atoms with E-state index in [1.165, 1.54) is 0 Å². The lowest BCUT2D eigenvalue weighted by molar-refractivity contribution is -0.177. The first kappa shape index (κ1) is 11.4. The van der Waals surface area contributed by atoms with Gasteiger partial charge in [-0.25, -0.2) is 4.98 Å². The van der Waals surface area contributed by atoms with Gasteiger partial charge in [-0.2, -0.15) is 0 Å². The van der Waals surface area contributed by atoms with E-state index >= 15 is 0 Å². The normalized spacial score (nSPS) is 26.1. The Kier molecular flexibility index (Phi) is 2.83. The van der Waals surface area contributed by atoms with Gasteiger partial charge in [0.25, 0.3) is 0 Å². The van der Waals surface area contributed by atoms with Crippen LogP contribution in [0.3, 0.4) is 0 Å². The van der Waals surface area contributed by atoms with Gasteiger partial charge in [-0.05, 0) is 18.1 Å². The first-order valence-corrected chi connectivity index (χ1v) is 6.18. The number of rotatable bonds is 1. The van der Waals surface area contributed by atoms with E-state index in [2.05, 4.69) is 4.98 Å². The lowest BCUT2D eigenvalue weighted by Gasteiger charge is -2.37. The third-order valence-corrected chi connectivity index (χ3v) is 3.84. The Morgan fingerprint density at radius 3 is 2.94 bits per heavy atom. The third-order valence-electron chi connectivity index (χ3n) is 3.55. The average molecular weight is 256 g/mol. The Morgan fingerprint density at radius 2 is 2.24 bits per heavy atom. The van der Waals surface area contributed by atoms with Crippen molar-refractivity contribution in [2.24, 2.45) is 0 Å². The van der Waals surface area contributed by atoms with Crippen molar-refractivity contribution in [1.29, 1.82) is 0 Å². The van der Waals surface area contributed by atoms with Crippen LogP contribution in [0.25, 0.3) is 0 Å². The largest absolute Gasteiger partial charge is 0.396 e. The monoisotopic (exact) mass is 255 g/mol. The fourth-order valence-electron chi connectivity index (χ4n) is 2.75. The predicted octanol–water partition coefficient (Wildman–Crippen LogP) is 1.80. The van der Waals surface area contributed by atoms with E-state index in [0.717, 1.165) is 24.0 Å². The van der Waals surface area contributed by atoms with Gasteiger partial charge in [-0.15, -0.1) is 0 Å². The summed E-state index contributed by atoms with van der Waals surface area (Å²) >= 11 is 6.18. The zero-order chi connectivity index (χ0) is 11.9. The van der Waals surface area contributed by atoms with Crippen molar-refractivity contribution in [2.75, 3.05) is 19.8 Å². The lowest BCUT2D eigenvalue weighted by atomic mass is 9.80. The topological polar surface area (TPSA) is 51.6 Å². The Labute approximate surface area is 105 Å². The minimum absolute atomic E-state index is 0.101. The number of aliphatic hydroxyl groups is 1. The summed E-state index contributed by atoms with van der Waals surface area (Å²) in [5.41, 5.74) is 1.81. The van der Waals surface area contributed by atoms with Crippen LogP contribution >= 0.6 is 11.6 Å². The van der Waals surface area contributed by atoms with E-state index in [1.54, 1.807) is 6.20 Å². The van der Waals surface area contributed by atoms with Gasteiger partial charge in [0.05, 0.1) is 18.8 Å². The van der Waals surface area contributed by atoms with Crippen molar-refractivity contribution in [3.63, 3.8) is 0 Å². The van der Waals surface area contributed by atoms with Crippen LogP contribution in [-0.4, -0.2) is 29.9 Å². The molecule has 3 rings (SSSR count). The van der Waals surface area contributed by atoms with Crippen LogP contribution in [0, 0.1) is 0 Å². The second kappa shape index (κ2) is 4.21. The van der Waals surface area contributed by atoms with Crippen LogP contribution in [0.15, 0.2) is 12.3 Å². The van der Waals surface area contributed by atoms with Gasteiger partial charge in [-0.1, -0.05) is 11.6 Å². The molecule has 0 bridgehead atoms. The number of aromatic nitrogens is 1. The molecule has 0 unspecified atom stereocenters. The molecule has 2 aliphatic rings. The number of aliphatic hydroxyl groups excluding tert-OH is 1. The molecule has 1 atom stereocenters. The van der Waals surface area contributed by atoms with Gasteiger partial charge in [0, 0.05) is 25.1 Å². The number of hydrogen-bond acceptors (Lipinski definition) is 4. The molecule has 0 amide bonds. The molecule has 92 valence electrons. The summed E-state index contributed by atoms with van der Waals surface area (Å²) in [6.45, 7) is 1.27. The lowest BCUT2D eigenvalue weighted by Crippen LogP contribution is -2.34. The summed E-state index contributed by atoms with van der Waals surface area (Å²) in [6.07, 6.45) is 3.22. The van der Waals surface area contributed by atoms with Crippen molar-refractivity contribution in [3.05, 3.63) is 28.5 Å². The molecule has 4 nitrogen and oxygen atoms in total. The zero-order valence-corrected chi connectivity index (χ0v) is 10.1. The minimum atomic E-state index is -0.730. The zero-order valence-electron chi connectivity index (χ0n) is 9.36. The second-order valence-corrected chi connectivity index (χ2v) is 4.79. The van der Waals surface area contributed by atoms with E-state index in [9.17, 15) is 5.11 Å². The molecule has 1 fully saturated rings. The minimum Gasteiger partial charge on any atom is -0.396 e. The van der Waals surface area contributed by atoms with Crippen LogP contribution in [0.2, 0.25) is 5.15 Å². The van der Waals surface area contributed by atoms with Crippen molar-refractivity contribution in [1.82, 2.24) is 4.98 Å². The summed E-state index contributed by atoms with van der Waals surface area (Å²) in [5, 5.41) is 9.83. The maximum Gasteiger partial charge on any atom is 0.198 e. The van der Waals surface area contributed by atoms with Crippen molar-refractivity contribution in [3.8, 4) is 0 Å². The fourth-order valence-corrected chi connectivity index (χ4v) is 3.05. The van der Waals surface area contributed by atoms with E-state index in [-0.39, 0.29) is 12.5 Å². The highest BCUT2D eigenvalue weighted by Crippen LogP contribution is 2.48. The average Bonchev–Trinajstić information content (AvgIpc) is 2.79. The van der Waals surface area contributed by atoms with Crippen LogP contribution < -0.4 is 0 Å². The molecule has 1 aliphatic heterocycles. The van der Waals surface area contributed by atoms with Gasteiger partial charge in [0.2, 0.25) is 0 Å². The standard InChI is InChI=1S/C12H14ClNO3/c13-11-10-9(2-4-14-11)8(7-15)1-3-12(10)16-5-6-17-12/h2,4,8,15H,1,3,5-7H2/t8-/m0/s1. The summed E-state index contributed by atoms with van der Waals surface area (Å²) in [7, 11) is 0. The highest BCUT2D eigenvalue weighted by Gasteiger charge is 2.46. The van der Waals surface area contributed by atoms with Gasteiger partial charge in [0.15, 0.2) is 5.79 Å². The van der Waals surface area contributed by atoms with Crippen LogP contribution in [0.5, 0.6) is 0 Å². The first-order valence-electron chi connectivity index (χ1n) is 5.80. The number of pyridine rings is 1. The highest BCUT2D eigenvalue weighted by molar-refractivity contribution is 6.30. The summed E-state index contributed by atoms with van der Waals surface area (Å²) in [4.78, 5) is 4.10. The van der Waals surface area contributed by atoms with Crippen molar-refractivity contribution >= 4 is 11.6 Å². The van der Waals surface area contributed by atoms with Crippen molar-refractivity contribution < 1.29 is 14.6 Å². The van der Waals surface area contributed by atoms with E-state index < -0.39 is 5.79 Å². The molecule has 1 aromatic heterocycles. The van der Waals surface area contributed by atoms with Crippen LogP contribution in [-0.2, 0) is 15.3 Å². The molecule has 0 saturated carbocycles. The molecule has 1 aliphatic carbocycles. The summed E-state index contributed by atoms with van der Waals surface area (Å²) in [5.74, 6) is -0.629. The molecule has 1 N–H and O–H groups in total. The molecule has 1 saturated heterocycles. The maximum atomic E-state index is 9.41. The number of halogens is 1. The predicted molar refractivity (Wildman–Crippen MR) is 61.9 cm³/mol. The number of fused-ring (bicyclic) bond motifs is 2. The molecular formula is C12H14ClNO3. The molecule has 0 aromatic carbocycles. The van der Waals surface area contributed by atoms with Crippen molar-refractivity contribution in [2.45, 2.75) is 24.5 Å². The van der Waals surface area contributed by atoms with E-state index in [0.29, 0.717) is 18.4 Å². The summed E-state index contributed by atoms with van der Waals surface area (Å²) < 4.78 is 11.5. The molecule has 17 heavy (non-hydrogen) atoms. The highest BCUT2D eigenvalue weighted by atomic mass is 35.5. The SMILES string of the molecule is OC[C@@H]1CCC2(OCCO2)c2c1ccnc2Cl. The Balaban J connectivity index is 2.15. The van der Waals surface area contributed by atoms with Gasteiger partial charge >= 0.3 is 0 Å². The first-order chi connectivity index (χ1) is 8.27.